The first kappa shape index (κ1) is 10.5. The molecule has 0 aliphatic rings. The fraction of sp³-hybridized carbons (Fsp3) is 0.250. The van der Waals surface area contributed by atoms with Gasteiger partial charge in [0.1, 0.15) is 0 Å². The van der Waals surface area contributed by atoms with Crippen LogP contribution >= 0.6 is 0 Å². The average molecular weight is 216 g/mol. The maximum atomic E-state index is 4.21. The van der Waals surface area contributed by atoms with Gasteiger partial charge in [-0.2, -0.15) is 0 Å². The van der Waals surface area contributed by atoms with Gasteiger partial charge in [-0.3, -0.25) is 0 Å². The number of rotatable bonds is 3. The summed E-state index contributed by atoms with van der Waals surface area (Å²) in [5.74, 6) is 0.845. The minimum Gasteiger partial charge on any atom is -0.378 e. The number of anilines is 3. The molecule has 0 saturated heterocycles. The van der Waals surface area contributed by atoms with Crippen LogP contribution in [0.25, 0.3) is 0 Å². The Morgan fingerprint density at radius 3 is 2.38 bits per heavy atom. The van der Waals surface area contributed by atoms with Crippen LogP contribution < -0.4 is 10.2 Å². The van der Waals surface area contributed by atoms with Crippen molar-refractivity contribution in [2.45, 2.75) is 0 Å². The van der Waals surface area contributed by atoms with Gasteiger partial charge in [0.15, 0.2) is 0 Å². The molecule has 84 valence electrons. The highest BCUT2D eigenvalue weighted by molar-refractivity contribution is 5.59. The van der Waals surface area contributed by atoms with Crippen LogP contribution in [0.15, 0.2) is 36.7 Å². The third kappa shape index (κ3) is 2.16. The molecule has 2 rings (SSSR count). The smallest absolute Gasteiger partial charge is 0.207 e. The molecule has 0 spiro atoms. The van der Waals surface area contributed by atoms with Crippen LogP contribution in [0.3, 0.4) is 0 Å². The van der Waals surface area contributed by atoms with Gasteiger partial charge in [0.2, 0.25) is 5.95 Å². The number of benzene rings is 1. The minimum atomic E-state index is 0.845. The summed E-state index contributed by atoms with van der Waals surface area (Å²) in [6.07, 6.45) is 3.69. The van der Waals surface area contributed by atoms with Crippen molar-refractivity contribution in [2.24, 2.45) is 7.05 Å². The van der Waals surface area contributed by atoms with Crippen LogP contribution in [0, 0.1) is 0 Å². The van der Waals surface area contributed by atoms with Gasteiger partial charge in [0.25, 0.3) is 0 Å². The van der Waals surface area contributed by atoms with E-state index in [1.165, 1.54) is 5.69 Å². The Balaban J connectivity index is 2.14. The largest absolute Gasteiger partial charge is 0.378 e. The summed E-state index contributed by atoms with van der Waals surface area (Å²) in [6.45, 7) is 0. The van der Waals surface area contributed by atoms with E-state index < -0.39 is 0 Å². The van der Waals surface area contributed by atoms with E-state index in [1.807, 2.05) is 44.0 Å². The van der Waals surface area contributed by atoms with E-state index in [9.17, 15) is 0 Å². The normalized spacial score (nSPS) is 10.2. The van der Waals surface area contributed by atoms with Gasteiger partial charge in [0.05, 0.1) is 0 Å². The highest BCUT2D eigenvalue weighted by Gasteiger charge is 2.00. The standard InChI is InChI=1S/C12H16N4/c1-15(2)11-6-4-10(5-7-11)14-12-13-8-9-16(12)3/h4-9H,1-3H3,(H,13,14). The van der Waals surface area contributed by atoms with Crippen LogP contribution in [0.1, 0.15) is 0 Å². The van der Waals surface area contributed by atoms with Crippen LogP contribution in [-0.2, 0) is 7.05 Å². The molecule has 0 saturated carbocycles. The molecule has 4 heteroatoms. The molecule has 1 heterocycles. The van der Waals surface area contributed by atoms with Crippen LogP contribution in [0.5, 0.6) is 0 Å². The number of nitrogens with zero attached hydrogens (tertiary/aromatic N) is 3. The van der Waals surface area contributed by atoms with E-state index in [0.29, 0.717) is 0 Å². The first-order valence-corrected chi connectivity index (χ1v) is 5.18. The van der Waals surface area contributed by atoms with Crippen molar-refractivity contribution in [3.8, 4) is 0 Å². The Bertz CT molecular complexity index is 456. The first-order chi connectivity index (χ1) is 7.66. The monoisotopic (exact) mass is 216 g/mol. The molecule has 1 aromatic carbocycles. The lowest BCUT2D eigenvalue weighted by atomic mass is 10.2. The molecular weight excluding hydrogens is 200 g/mol. The molecule has 0 atom stereocenters. The molecule has 0 aliphatic carbocycles. The number of aryl methyl sites for hydroxylation is 1. The highest BCUT2D eigenvalue weighted by Crippen LogP contribution is 2.18. The lowest BCUT2D eigenvalue weighted by molar-refractivity contribution is 0.924. The van der Waals surface area contributed by atoms with Crippen molar-refractivity contribution in [1.29, 1.82) is 0 Å². The molecule has 0 radical (unpaired) electrons. The fourth-order valence-corrected chi connectivity index (χ4v) is 1.46. The number of imidazole rings is 1. The molecule has 0 bridgehead atoms. The van der Waals surface area contributed by atoms with E-state index >= 15 is 0 Å². The predicted octanol–water partition coefficient (Wildman–Crippen LogP) is 2.23. The Kier molecular flexibility index (Phi) is 2.81. The lowest BCUT2D eigenvalue weighted by Gasteiger charge is -2.13. The Morgan fingerprint density at radius 2 is 1.88 bits per heavy atom. The average Bonchev–Trinajstić information content (AvgIpc) is 2.65. The second kappa shape index (κ2) is 4.26. The van der Waals surface area contributed by atoms with Gasteiger partial charge in [-0.1, -0.05) is 0 Å². The van der Waals surface area contributed by atoms with Crippen molar-refractivity contribution in [3.63, 3.8) is 0 Å². The third-order valence-corrected chi connectivity index (χ3v) is 2.46. The summed E-state index contributed by atoms with van der Waals surface area (Å²) < 4.78 is 1.94. The summed E-state index contributed by atoms with van der Waals surface area (Å²) >= 11 is 0. The molecule has 4 nitrogen and oxygen atoms in total. The molecular formula is C12H16N4. The summed E-state index contributed by atoms with van der Waals surface area (Å²) in [5, 5.41) is 3.25. The molecule has 1 N–H and O–H groups in total. The minimum absolute atomic E-state index is 0.845. The fourth-order valence-electron chi connectivity index (χ4n) is 1.46. The Morgan fingerprint density at radius 1 is 1.19 bits per heavy atom. The van der Waals surface area contributed by atoms with Gasteiger partial charge < -0.3 is 14.8 Å². The SMILES string of the molecule is CN(C)c1ccc(Nc2nccn2C)cc1. The van der Waals surface area contributed by atoms with E-state index in [0.717, 1.165) is 11.6 Å². The Hall–Kier alpha value is -1.97. The van der Waals surface area contributed by atoms with Crippen LogP contribution in [0.2, 0.25) is 0 Å². The Labute approximate surface area is 95.5 Å². The second-order valence-corrected chi connectivity index (χ2v) is 3.93. The molecule has 16 heavy (non-hydrogen) atoms. The van der Waals surface area contributed by atoms with E-state index in [-0.39, 0.29) is 0 Å². The summed E-state index contributed by atoms with van der Waals surface area (Å²) in [7, 11) is 6.02. The van der Waals surface area contributed by atoms with Gasteiger partial charge in [-0.05, 0) is 24.3 Å². The molecule has 0 amide bonds. The van der Waals surface area contributed by atoms with Gasteiger partial charge in [-0.25, -0.2) is 4.98 Å². The van der Waals surface area contributed by atoms with Gasteiger partial charge in [-0.15, -0.1) is 0 Å². The van der Waals surface area contributed by atoms with Crippen molar-refractivity contribution < 1.29 is 0 Å². The molecule has 0 aliphatic heterocycles. The summed E-state index contributed by atoms with van der Waals surface area (Å²) in [4.78, 5) is 6.28. The van der Waals surface area contributed by atoms with Crippen molar-refractivity contribution in [2.75, 3.05) is 24.3 Å². The zero-order valence-electron chi connectivity index (χ0n) is 9.81. The van der Waals surface area contributed by atoms with Crippen molar-refractivity contribution in [1.82, 2.24) is 9.55 Å². The zero-order valence-corrected chi connectivity index (χ0v) is 9.81. The van der Waals surface area contributed by atoms with Gasteiger partial charge in [0, 0.05) is 44.9 Å². The van der Waals surface area contributed by atoms with E-state index in [1.54, 1.807) is 6.20 Å². The quantitative estimate of drug-likeness (QED) is 0.854. The van der Waals surface area contributed by atoms with Crippen molar-refractivity contribution >= 4 is 17.3 Å². The molecule has 0 fully saturated rings. The lowest BCUT2D eigenvalue weighted by Crippen LogP contribution is -2.08. The maximum absolute atomic E-state index is 4.21. The van der Waals surface area contributed by atoms with Crippen LogP contribution in [0.4, 0.5) is 17.3 Å². The zero-order chi connectivity index (χ0) is 11.5. The second-order valence-electron chi connectivity index (χ2n) is 3.93. The number of nitrogens with one attached hydrogen (secondary N) is 1. The number of hydrogen-bond donors (Lipinski definition) is 1. The number of hydrogen-bond acceptors (Lipinski definition) is 3. The van der Waals surface area contributed by atoms with E-state index in [2.05, 4.69) is 27.3 Å². The molecule has 2 aromatic rings. The predicted molar refractivity (Wildman–Crippen MR) is 67.3 cm³/mol. The first-order valence-electron chi connectivity index (χ1n) is 5.18. The topological polar surface area (TPSA) is 33.1 Å². The van der Waals surface area contributed by atoms with E-state index in [4.69, 9.17) is 0 Å². The third-order valence-electron chi connectivity index (χ3n) is 2.46. The molecule has 1 aromatic heterocycles. The molecule has 0 unspecified atom stereocenters. The van der Waals surface area contributed by atoms with Crippen molar-refractivity contribution in [3.05, 3.63) is 36.7 Å². The number of aromatic nitrogens is 2. The van der Waals surface area contributed by atoms with Crippen LogP contribution in [-0.4, -0.2) is 23.6 Å². The highest BCUT2D eigenvalue weighted by atomic mass is 15.2. The summed E-state index contributed by atoms with van der Waals surface area (Å²) in [6, 6.07) is 8.24. The maximum Gasteiger partial charge on any atom is 0.207 e. The summed E-state index contributed by atoms with van der Waals surface area (Å²) in [5.41, 5.74) is 2.23. The van der Waals surface area contributed by atoms with Gasteiger partial charge >= 0.3 is 0 Å².